The molecule has 0 unspecified atom stereocenters. The van der Waals surface area contributed by atoms with Crippen molar-refractivity contribution in [2.45, 2.75) is 13.0 Å². The number of aromatic nitrogens is 1. The predicted molar refractivity (Wildman–Crippen MR) is 113 cm³/mol. The minimum atomic E-state index is -0.587. The fourth-order valence-electron chi connectivity index (χ4n) is 3.09. The van der Waals surface area contributed by atoms with Crippen molar-refractivity contribution in [2.24, 2.45) is 0 Å². The molecule has 2 amide bonds. The van der Waals surface area contributed by atoms with Crippen LogP contribution >= 0.6 is 0 Å². The molecule has 3 aromatic rings. The molecular formula is C23H21FN4O2. The minimum absolute atomic E-state index is 0.0310. The van der Waals surface area contributed by atoms with Crippen LogP contribution in [0.1, 0.15) is 22.3 Å². The number of nitrogens with one attached hydrogen (secondary N) is 2. The van der Waals surface area contributed by atoms with Crippen LogP contribution in [0.3, 0.4) is 0 Å². The van der Waals surface area contributed by atoms with Crippen molar-refractivity contribution in [1.82, 2.24) is 15.2 Å². The molecule has 0 radical (unpaired) electrons. The third-order valence-electron chi connectivity index (χ3n) is 4.53. The molecule has 0 fully saturated rings. The number of carbonyl (C=O) groups excluding carboxylic acids is 2. The number of carbonyl (C=O) groups is 2. The van der Waals surface area contributed by atoms with Gasteiger partial charge in [-0.15, -0.1) is 0 Å². The molecule has 0 aliphatic carbocycles. The summed E-state index contributed by atoms with van der Waals surface area (Å²) in [6.45, 7) is 0.978. The standard InChI is InChI=1S/C23H21FN4O2/c24-20-8-3-1-7-19(20)23(30)27-14-13-26-22(29)11-10-17-16-28(15-5-12-25)21-9-4-2-6-18(17)21/h1-4,6-11,16H,5,13-15H2,(H,26,29)(H,27,30)/b11-10+. The molecule has 0 bridgehead atoms. The Bertz CT molecular complexity index is 1130. The highest BCUT2D eigenvalue weighted by molar-refractivity contribution is 5.96. The fraction of sp³-hybridized carbons (Fsp3) is 0.174. The van der Waals surface area contributed by atoms with Gasteiger partial charge in [-0.25, -0.2) is 4.39 Å². The number of aryl methyl sites for hydroxylation is 1. The van der Waals surface area contributed by atoms with Gasteiger partial charge in [-0.05, 0) is 24.3 Å². The van der Waals surface area contributed by atoms with E-state index < -0.39 is 11.7 Å². The van der Waals surface area contributed by atoms with E-state index in [1.807, 2.05) is 35.0 Å². The Labute approximate surface area is 173 Å². The lowest BCUT2D eigenvalue weighted by Crippen LogP contribution is -2.34. The fourth-order valence-corrected chi connectivity index (χ4v) is 3.09. The lowest BCUT2D eigenvalue weighted by atomic mass is 10.1. The molecular weight excluding hydrogens is 383 g/mol. The molecule has 2 N–H and O–H groups in total. The van der Waals surface area contributed by atoms with Gasteiger partial charge in [0.25, 0.3) is 5.91 Å². The molecule has 7 heteroatoms. The molecule has 152 valence electrons. The molecule has 1 aromatic heterocycles. The van der Waals surface area contributed by atoms with E-state index in [0.29, 0.717) is 13.0 Å². The van der Waals surface area contributed by atoms with E-state index in [0.717, 1.165) is 16.5 Å². The van der Waals surface area contributed by atoms with Gasteiger partial charge in [-0.2, -0.15) is 5.26 Å². The van der Waals surface area contributed by atoms with Gasteiger partial charge >= 0.3 is 0 Å². The maximum absolute atomic E-state index is 13.6. The van der Waals surface area contributed by atoms with Gasteiger partial charge in [0.1, 0.15) is 5.82 Å². The molecule has 0 aliphatic heterocycles. The summed E-state index contributed by atoms with van der Waals surface area (Å²) >= 11 is 0. The Hall–Kier alpha value is -3.92. The van der Waals surface area contributed by atoms with E-state index in [2.05, 4.69) is 16.7 Å². The van der Waals surface area contributed by atoms with Crippen LogP contribution in [0.4, 0.5) is 4.39 Å². The molecule has 2 aromatic carbocycles. The molecule has 0 atom stereocenters. The van der Waals surface area contributed by atoms with Crippen molar-refractivity contribution in [3.05, 3.63) is 77.7 Å². The number of rotatable bonds is 8. The minimum Gasteiger partial charge on any atom is -0.351 e. The van der Waals surface area contributed by atoms with E-state index in [4.69, 9.17) is 5.26 Å². The van der Waals surface area contributed by atoms with Crippen LogP contribution in [0.2, 0.25) is 0 Å². The monoisotopic (exact) mass is 404 g/mol. The van der Waals surface area contributed by atoms with E-state index >= 15 is 0 Å². The van der Waals surface area contributed by atoms with Crippen LogP contribution in [-0.4, -0.2) is 29.5 Å². The summed E-state index contributed by atoms with van der Waals surface area (Å²) in [7, 11) is 0. The molecule has 30 heavy (non-hydrogen) atoms. The largest absolute Gasteiger partial charge is 0.351 e. The summed E-state index contributed by atoms with van der Waals surface area (Å²) in [5.41, 5.74) is 1.85. The number of hydrogen-bond acceptors (Lipinski definition) is 3. The lowest BCUT2D eigenvalue weighted by Gasteiger charge is -2.06. The predicted octanol–water partition coefficient (Wildman–Crippen LogP) is 3.25. The molecule has 0 aliphatic rings. The molecule has 0 saturated heterocycles. The van der Waals surface area contributed by atoms with Crippen LogP contribution < -0.4 is 10.6 Å². The van der Waals surface area contributed by atoms with Crippen LogP contribution in [-0.2, 0) is 11.3 Å². The third-order valence-corrected chi connectivity index (χ3v) is 4.53. The first-order valence-electron chi connectivity index (χ1n) is 9.53. The maximum atomic E-state index is 13.6. The van der Waals surface area contributed by atoms with Crippen molar-refractivity contribution < 1.29 is 14.0 Å². The quantitative estimate of drug-likeness (QED) is 0.446. The SMILES string of the molecule is N#CCCn1cc(/C=C/C(=O)NCCNC(=O)c2ccccc2F)c2ccccc21. The third kappa shape index (κ3) is 5.11. The molecule has 0 saturated carbocycles. The highest BCUT2D eigenvalue weighted by Crippen LogP contribution is 2.22. The Balaban J connectivity index is 1.53. The summed E-state index contributed by atoms with van der Waals surface area (Å²) < 4.78 is 15.6. The number of nitrogens with zero attached hydrogens (tertiary/aromatic N) is 2. The number of amides is 2. The van der Waals surface area contributed by atoms with E-state index in [-0.39, 0.29) is 24.6 Å². The van der Waals surface area contributed by atoms with Crippen molar-refractivity contribution in [3.8, 4) is 6.07 Å². The van der Waals surface area contributed by atoms with Gasteiger partial charge in [-0.3, -0.25) is 9.59 Å². The van der Waals surface area contributed by atoms with Crippen molar-refractivity contribution in [1.29, 1.82) is 5.26 Å². The summed E-state index contributed by atoms with van der Waals surface area (Å²) in [4.78, 5) is 24.0. The van der Waals surface area contributed by atoms with Gasteiger partial charge in [0.15, 0.2) is 0 Å². The number of benzene rings is 2. The maximum Gasteiger partial charge on any atom is 0.254 e. The van der Waals surface area contributed by atoms with Crippen LogP contribution in [0.15, 0.2) is 60.8 Å². The van der Waals surface area contributed by atoms with Crippen molar-refractivity contribution in [3.63, 3.8) is 0 Å². The highest BCUT2D eigenvalue weighted by atomic mass is 19.1. The van der Waals surface area contributed by atoms with E-state index in [9.17, 15) is 14.0 Å². The zero-order chi connectivity index (χ0) is 21.3. The van der Waals surface area contributed by atoms with Gasteiger partial charge in [0.2, 0.25) is 5.91 Å². The highest BCUT2D eigenvalue weighted by Gasteiger charge is 2.10. The zero-order valence-corrected chi connectivity index (χ0v) is 16.3. The number of halogens is 1. The second-order valence-corrected chi connectivity index (χ2v) is 6.56. The summed E-state index contributed by atoms with van der Waals surface area (Å²) in [6.07, 6.45) is 5.47. The molecule has 3 rings (SSSR count). The average Bonchev–Trinajstić information content (AvgIpc) is 3.11. The van der Waals surface area contributed by atoms with E-state index in [1.54, 1.807) is 12.1 Å². The topological polar surface area (TPSA) is 86.9 Å². The van der Waals surface area contributed by atoms with Gasteiger partial charge < -0.3 is 15.2 Å². The van der Waals surface area contributed by atoms with Gasteiger partial charge in [0, 0.05) is 48.4 Å². The Morgan fingerprint density at radius 1 is 1.07 bits per heavy atom. The Kier molecular flexibility index (Phi) is 6.95. The first-order valence-corrected chi connectivity index (χ1v) is 9.53. The van der Waals surface area contributed by atoms with Gasteiger partial charge in [0.05, 0.1) is 18.1 Å². The van der Waals surface area contributed by atoms with Crippen molar-refractivity contribution >= 4 is 28.8 Å². The first-order chi connectivity index (χ1) is 14.6. The summed E-state index contributed by atoms with van der Waals surface area (Å²) in [5.74, 6) is -1.41. The van der Waals surface area contributed by atoms with Crippen LogP contribution in [0, 0.1) is 17.1 Å². The molecule has 1 heterocycles. The number of para-hydroxylation sites is 1. The Morgan fingerprint density at radius 3 is 2.60 bits per heavy atom. The summed E-state index contributed by atoms with van der Waals surface area (Å²) in [5, 5.41) is 15.1. The normalized spacial score (nSPS) is 10.8. The van der Waals surface area contributed by atoms with Gasteiger partial charge in [-0.1, -0.05) is 30.3 Å². The average molecular weight is 404 g/mol. The number of hydrogen-bond donors (Lipinski definition) is 2. The Morgan fingerprint density at radius 2 is 1.80 bits per heavy atom. The van der Waals surface area contributed by atoms with Crippen molar-refractivity contribution in [2.75, 3.05) is 13.1 Å². The second-order valence-electron chi connectivity index (χ2n) is 6.56. The second kappa shape index (κ2) is 10.0. The van der Waals surface area contributed by atoms with Crippen LogP contribution in [0.25, 0.3) is 17.0 Å². The lowest BCUT2D eigenvalue weighted by molar-refractivity contribution is -0.116. The number of fused-ring (bicyclic) bond motifs is 1. The summed E-state index contributed by atoms with van der Waals surface area (Å²) in [6, 6.07) is 15.7. The zero-order valence-electron chi connectivity index (χ0n) is 16.3. The molecule has 6 nitrogen and oxygen atoms in total. The first kappa shape index (κ1) is 20.8. The molecule has 0 spiro atoms. The van der Waals surface area contributed by atoms with Crippen LogP contribution in [0.5, 0.6) is 0 Å². The smallest absolute Gasteiger partial charge is 0.254 e. The number of nitriles is 1. The van der Waals surface area contributed by atoms with E-state index in [1.165, 1.54) is 24.3 Å².